The zero-order valence-electron chi connectivity index (χ0n) is 11.4. The van der Waals surface area contributed by atoms with Gasteiger partial charge in [0, 0.05) is 13.2 Å². The number of sulfonamides is 1. The van der Waals surface area contributed by atoms with Crippen molar-refractivity contribution in [1.82, 2.24) is 14.5 Å². The molecule has 0 radical (unpaired) electrons. The molecule has 0 unspecified atom stereocenters. The third-order valence-electron chi connectivity index (χ3n) is 3.17. The summed E-state index contributed by atoms with van der Waals surface area (Å²) in [5, 5.41) is 13.2. The first-order valence-electron chi connectivity index (χ1n) is 6.11. The number of nitrogens with one attached hydrogen (secondary N) is 1. The second kappa shape index (κ2) is 5.74. The second-order valence-electron chi connectivity index (χ2n) is 4.52. The van der Waals surface area contributed by atoms with Crippen molar-refractivity contribution in [2.75, 3.05) is 0 Å². The van der Waals surface area contributed by atoms with Crippen LogP contribution in [0.5, 0.6) is 0 Å². The van der Waals surface area contributed by atoms with Gasteiger partial charge in [0.2, 0.25) is 10.0 Å². The minimum atomic E-state index is -3.60. The van der Waals surface area contributed by atoms with E-state index < -0.39 is 10.0 Å². The van der Waals surface area contributed by atoms with E-state index in [-0.39, 0.29) is 18.0 Å². The Kier molecular flexibility index (Phi) is 4.22. The number of rotatable bonds is 5. The number of aromatic nitrogens is 2. The SMILES string of the molecule is Cc1ccc(S(=O)(=O)NCc2ccnn2C)cc1CO. The Morgan fingerprint density at radius 3 is 2.70 bits per heavy atom. The van der Waals surface area contributed by atoms with Crippen LogP contribution in [-0.2, 0) is 30.2 Å². The summed E-state index contributed by atoms with van der Waals surface area (Å²) in [5.41, 5.74) is 2.23. The average Bonchev–Trinajstić information content (AvgIpc) is 2.82. The van der Waals surface area contributed by atoms with Gasteiger partial charge in [-0.15, -0.1) is 0 Å². The van der Waals surface area contributed by atoms with Crippen LogP contribution in [0.4, 0.5) is 0 Å². The van der Waals surface area contributed by atoms with Gasteiger partial charge in [-0.2, -0.15) is 5.10 Å². The van der Waals surface area contributed by atoms with E-state index in [1.165, 1.54) is 12.1 Å². The van der Waals surface area contributed by atoms with E-state index in [0.717, 1.165) is 11.3 Å². The Morgan fingerprint density at radius 2 is 2.10 bits per heavy atom. The molecule has 7 heteroatoms. The van der Waals surface area contributed by atoms with Crippen molar-refractivity contribution < 1.29 is 13.5 Å². The lowest BCUT2D eigenvalue weighted by Gasteiger charge is -2.09. The van der Waals surface area contributed by atoms with E-state index in [2.05, 4.69) is 9.82 Å². The Bertz CT molecular complexity index is 707. The van der Waals surface area contributed by atoms with E-state index in [9.17, 15) is 13.5 Å². The maximum atomic E-state index is 12.2. The Labute approximate surface area is 118 Å². The minimum Gasteiger partial charge on any atom is -0.392 e. The van der Waals surface area contributed by atoms with Crippen molar-refractivity contribution in [3.05, 3.63) is 47.3 Å². The fourth-order valence-corrected chi connectivity index (χ4v) is 2.86. The van der Waals surface area contributed by atoms with Crippen molar-refractivity contribution in [3.63, 3.8) is 0 Å². The van der Waals surface area contributed by atoms with Crippen LogP contribution in [0.15, 0.2) is 35.4 Å². The van der Waals surface area contributed by atoms with Crippen molar-refractivity contribution in [2.24, 2.45) is 7.05 Å². The zero-order valence-corrected chi connectivity index (χ0v) is 12.2. The smallest absolute Gasteiger partial charge is 0.240 e. The Morgan fingerprint density at radius 1 is 1.35 bits per heavy atom. The van der Waals surface area contributed by atoms with E-state index in [4.69, 9.17) is 0 Å². The molecule has 2 aromatic rings. The third kappa shape index (κ3) is 3.06. The quantitative estimate of drug-likeness (QED) is 0.850. The molecule has 0 spiro atoms. The van der Waals surface area contributed by atoms with E-state index in [1.807, 2.05) is 6.92 Å². The molecule has 0 saturated carbocycles. The number of aliphatic hydroxyl groups is 1. The van der Waals surface area contributed by atoms with Gasteiger partial charge >= 0.3 is 0 Å². The number of nitrogens with zero attached hydrogens (tertiary/aromatic N) is 2. The summed E-state index contributed by atoms with van der Waals surface area (Å²) in [5.74, 6) is 0. The number of aliphatic hydroxyl groups excluding tert-OH is 1. The molecule has 1 heterocycles. The fourth-order valence-electron chi connectivity index (χ4n) is 1.81. The van der Waals surface area contributed by atoms with Crippen molar-refractivity contribution in [1.29, 1.82) is 0 Å². The molecule has 2 rings (SSSR count). The Hall–Kier alpha value is -1.70. The van der Waals surface area contributed by atoms with Crippen molar-refractivity contribution in [3.8, 4) is 0 Å². The van der Waals surface area contributed by atoms with Crippen molar-refractivity contribution >= 4 is 10.0 Å². The van der Waals surface area contributed by atoms with Crippen LogP contribution in [0, 0.1) is 6.92 Å². The van der Waals surface area contributed by atoms with Gasteiger partial charge < -0.3 is 5.11 Å². The molecule has 0 amide bonds. The lowest BCUT2D eigenvalue weighted by molar-refractivity contribution is 0.280. The normalized spacial score (nSPS) is 11.8. The summed E-state index contributed by atoms with van der Waals surface area (Å²) in [6.07, 6.45) is 1.61. The van der Waals surface area contributed by atoms with Gasteiger partial charge in [0.05, 0.1) is 23.7 Å². The molecule has 108 valence electrons. The molecule has 0 aliphatic rings. The largest absolute Gasteiger partial charge is 0.392 e. The standard InChI is InChI=1S/C13H17N3O3S/c1-10-3-4-13(7-11(10)9-17)20(18,19)15-8-12-5-6-14-16(12)2/h3-7,15,17H,8-9H2,1-2H3. The van der Waals surface area contributed by atoms with Gasteiger partial charge in [-0.25, -0.2) is 13.1 Å². The number of benzene rings is 1. The van der Waals surface area contributed by atoms with Gasteiger partial charge in [0.25, 0.3) is 0 Å². The summed E-state index contributed by atoms with van der Waals surface area (Å²) < 4.78 is 28.5. The van der Waals surface area contributed by atoms with Crippen LogP contribution in [0.1, 0.15) is 16.8 Å². The fraction of sp³-hybridized carbons (Fsp3) is 0.308. The molecule has 0 aliphatic heterocycles. The first-order valence-corrected chi connectivity index (χ1v) is 7.59. The van der Waals surface area contributed by atoms with Gasteiger partial charge in [-0.05, 0) is 36.2 Å². The molecular weight excluding hydrogens is 278 g/mol. The average molecular weight is 295 g/mol. The monoisotopic (exact) mass is 295 g/mol. The van der Waals surface area contributed by atoms with E-state index in [0.29, 0.717) is 5.56 Å². The Balaban J connectivity index is 2.20. The van der Waals surface area contributed by atoms with Crippen LogP contribution in [0.2, 0.25) is 0 Å². The van der Waals surface area contributed by atoms with Crippen LogP contribution in [-0.4, -0.2) is 23.3 Å². The molecule has 2 N–H and O–H groups in total. The molecule has 0 atom stereocenters. The molecule has 0 bridgehead atoms. The lowest BCUT2D eigenvalue weighted by Crippen LogP contribution is -2.24. The van der Waals surface area contributed by atoms with Crippen LogP contribution >= 0.6 is 0 Å². The molecule has 6 nitrogen and oxygen atoms in total. The molecule has 20 heavy (non-hydrogen) atoms. The number of hydrogen-bond donors (Lipinski definition) is 2. The molecular formula is C13H17N3O3S. The number of aryl methyl sites for hydroxylation is 2. The molecule has 1 aromatic carbocycles. The summed E-state index contributed by atoms with van der Waals surface area (Å²) in [6.45, 7) is 1.81. The molecule has 0 fully saturated rings. The highest BCUT2D eigenvalue weighted by Crippen LogP contribution is 2.16. The number of hydrogen-bond acceptors (Lipinski definition) is 4. The van der Waals surface area contributed by atoms with Crippen LogP contribution in [0.3, 0.4) is 0 Å². The second-order valence-corrected chi connectivity index (χ2v) is 6.28. The van der Waals surface area contributed by atoms with Gasteiger partial charge in [-0.1, -0.05) is 6.07 Å². The van der Waals surface area contributed by atoms with Crippen molar-refractivity contribution in [2.45, 2.75) is 25.0 Å². The predicted molar refractivity (Wildman–Crippen MR) is 74.3 cm³/mol. The zero-order chi connectivity index (χ0) is 14.8. The van der Waals surface area contributed by atoms with Crippen LogP contribution in [0.25, 0.3) is 0 Å². The summed E-state index contributed by atoms with van der Waals surface area (Å²) in [6, 6.07) is 6.45. The van der Waals surface area contributed by atoms with Gasteiger partial charge in [-0.3, -0.25) is 4.68 Å². The third-order valence-corrected chi connectivity index (χ3v) is 4.57. The lowest BCUT2D eigenvalue weighted by atomic mass is 10.1. The predicted octanol–water partition coefficient (Wildman–Crippen LogP) is 0.699. The summed E-state index contributed by atoms with van der Waals surface area (Å²) >= 11 is 0. The highest BCUT2D eigenvalue weighted by Gasteiger charge is 2.15. The highest BCUT2D eigenvalue weighted by molar-refractivity contribution is 7.89. The molecule has 1 aromatic heterocycles. The minimum absolute atomic E-state index is 0.148. The van der Waals surface area contributed by atoms with Crippen LogP contribution < -0.4 is 4.72 Å². The van der Waals surface area contributed by atoms with Gasteiger partial charge in [0.15, 0.2) is 0 Å². The maximum Gasteiger partial charge on any atom is 0.240 e. The van der Waals surface area contributed by atoms with E-state index in [1.54, 1.807) is 30.1 Å². The first-order chi connectivity index (χ1) is 9.44. The molecule has 0 saturated heterocycles. The first kappa shape index (κ1) is 14.7. The highest BCUT2D eigenvalue weighted by atomic mass is 32.2. The summed E-state index contributed by atoms with van der Waals surface area (Å²) in [7, 11) is -1.86. The maximum absolute atomic E-state index is 12.2. The van der Waals surface area contributed by atoms with Gasteiger partial charge in [0.1, 0.15) is 0 Å². The van der Waals surface area contributed by atoms with E-state index >= 15 is 0 Å². The topological polar surface area (TPSA) is 84.2 Å². The summed E-state index contributed by atoms with van der Waals surface area (Å²) in [4.78, 5) is 0.148. The molecule has 0 aliphatic carbocycles.